The number of alkyl halides is 3. The molecule has 20 heavy (non-hydrogen) atoms. The molecule has 0 bridgehead atoms. The summed E-state index contributed by atoms with van der Waals surface area (Å²) in [5.41, 5.74) is 0.804. The molecule has 0 heterocycles. The SMILES string of the molecule is CCCNCc1cc(Cl)ccc1OCCOC(F)(F)F. The Kier molecular flexibility index (Phi) is 7.12. The van der Waals surface area contributed by atoms with Gasteiger partial charge in [0, 0.05) is 17.1 Å². The molecule has 1 rings (SSSR count). The summed E-state index contributed by atoms with van der Waals surface area (Å²) in [6.45, 7) is 2.69. The van der Waals surface area contributed by atoms with Crippen LogP contribution in [0, 0.1) is 0 Å². The van der Waals surface area contributed by atoms with E-state index in [4.69, 9.17) is 16.3 Å². The number of rotatable bonds is 8. The standard InChI is InChI=1S/C13H17ClF3NO2/c1-2-5-18-9-10-8-11(14)3-4-12(10)19-6-7-20-13(15,16)17/h3-4,8,18H,2,5-7,9H2,1H3. The number of nitrogens with one attached hydrogen (secondary N) is 1. The van der Waals surface area contributed by atoms with Crippen molar-refractivity contribution < 1.29 is 22.6 Å². The lowest BCUT2D eigenvalue weighted by Crippen LogP contribution is -2.19. The minimum atomic E-state index is -4.63. The molecule has 0 aliphatic carbocycles. The van der Waals surface area contributed by atoms with Crippen LogP contribution in [0.1, 0.15) is 18.9 Å². The largest absolute Gasteiger partial charge is 0.522 e. The van der Waals surface area contributed by atoms with E-state index in [1.54, 1.807) is 18.2 Å². The van der Waals surface area contributed by atoms with Gasteiger partial charge in [-0.2, -0.15) is 0 Å². The summed E-state index contributed by atoms with van der Waals surface area (Å²) in [7, 11) is 0. The minimum Gasteiger partial charge on any atom is -0.491 e. The lowest BCUT2D eigenvalue weighted by atomic mass is 10.2. The molecule has 0 amide bonds. The maximum atomic E-state index is 11.8. The van der Waals surface area contributed by atoms with Gasteiger partial charge in [0.15, 0.2) is 0 Å². The molecule has 7 heteroatoms. The highest BCUT2D eigenvalue weighted by Crippen LogP contribution is 2.23. The van der Waals surface area contributed by atoms with Gasteiger partial charge < -0.3 is 10.1 Å². The molecule has 1 N–H and O–H groups in total. The number of halogens is 4. The second-order valence-electron chi connectivity index (χ2n) is 4.07. The molecule has 0 aliphatic heterocycles. The predicted octanol–water partition coefficient (Wildman–Crippen LogP) is 3.75. The van der Waals surface area contributed by atoms with Crippen molar-refractivity contribution >= 4 is 11.6 Å². The number of hydrogen-bond donors (Lipinski definition) is 1. The van der Waals surface area contributed by atoms with Crippen LogP contribution in [0.3, 0.4) is 0 Å². The van der Waals surface area contributed by atoms with Crippen molar-refractivity contribution in [3.8, 4) is 5.75 Å². The fraction of sp³-hybridized carbons (Fsp3) is 0.538. The van der Waals surface area contributed by atoms with E-state index in [1.807, 2.05) is 6.92 Å². The first kappa shape index (κ1) is 17.1. The lowest BCUT2D eigenvalue weighted by Gasteiger charge is -2.13. The summed E-state index contributed by atoms with van der Waals surface area (Å²) >= 11 is 5.89. The van der Waals surface area contributed by atoms with Gasteiger partial charge in [-0.05, 0) is 31.2 Å². The van der Waals surface area contributed by atoms with E-state index >= 15 is 0 Å². The van der Waals surface area contributed by atoms with Gasteiger partial charge in [0.2, 0.25) is 0 Å². The normalized spacial score (nSPS) is 11.7. The van der Waals surface area contributed by atoms with Crippen molar-refractivity contribution in [2.24, 2.45) is 0 Å². The van der Waals surface area contributed by atoms with Gasteiger partial charge in [0.05, 0.1) is 6.61 Å². The van der Waals surface area contributed by atoms with Crippen LogP contribution in [0.25, 0.3) is 0 Å². The lowest BCUT2D eigenvalue weighted by molar-refractivity contribution is -0.325. The Labute approximate surface area is 121 Å². The molecule has 0 aliphatic rings. The highest BCUT2D eigenvalue weighted by molar-refractivity contribution is 6.30. The number of hydrogen-bond acceptors (Lipinski definition) is 3. The Hall–Kier alpha value is -0.980. The highest BCUT2D eigenvalue weighted by Gasteiger charge is 2.28. The Morgan fingerprint density at radius 2 is 2.00 bits per heavy atom. The summed E-state index contributed by atoms with van der Waals surface area (Å²) in [5.74, 6) is 0.503. The van der Waals surface area contributed by atoms with E-state index in [1.165, 1.54) is 0 Å². The third kappa shape index (κ3) is 6.98. The van der Waals surface area contributed by atoms with E-state index < -0.39 is 13.0 Å². The molecular weight excluding hydrogens is 295 g/mol. The zero-order valence-electron chi connectivity index (χ0n) is 11.1. The van der Waals surface area contributed by atoms with Crippen LogP contribution in [0.2, 0.25) is 5.02 Å². The average Bonchev–Trinajstić information content (AvgIpc) is 2.36. The van der Waals surface area contributed by atoms with Crippen LogP contribution in [-0.4, -0.2) is 26.1 Å². The van der Waals surface area contributed by atoms with Crippen molar-refractivity contribution in [3.63, 3.8) is 0 Å². The monoisotopic (exact) mass is 311 g/mol. The molecule has 114 valence electrons. The van der Waals surface area contributed by atoms with Crippen molar-refractivity contribution in [3.05, 3.63) is 28.8 Å². The molecule has 0 unspecified atom stereocenters. The first-order valence-corrected chi connectivity index (χ1v) is 6.63. The zero-order chi connectivity index (χ0) is 15.0. The summed E-state index contributed by atoms with van der Waals surface area (Å²) < 4.78 is 44.4. The van der Waals surface area contributed by atoms with E-state index in [9.17, 15) is 13.2 Å². The molecule has 0 atom stereocenters. The van der Waals surface area contributed by atoms with Crippen molar-refractivity contribution in [2.75, 3.05) is 19.8 Å². The van der Waals surface area contributed by atoms with Gasteiger partial charge in [0.25, 0.3) is 0 Å². The fourth-order valence-electron chi connectivity index (χ4n) is 1.54. The molecule has 0 radical (unpaired) electrons. The van der Waals surface area contributed by atoms with E-state index in [0.29, 0.717) is 17.3 Å². The number of benzene rings is 1. The molecule has 0 spiro atoms. The van der Waals surface area contributed by atoms with Crippen molar-refractivity contribution in [1.82, 2.24) is 5.32 Å². The van der Waals surface area contributed by atoms with Gasteiger partial charge >= 0.3 is 6.36 Å². The Morgan fingerprint density at radius 1 is 1.25 bits per heavy atom. The molecule has 1 aromatic carbocycles. The van der Waals surface area contributed by atoms with E-state index in [0.717, 1.165) is 18.5 Å². The zero-order valence-corrected chi connectivity index (χ0v) is 11.9. The van der Waals surface area contributed by atoms with Gasteiger partial charge in [-0.25, -0.2) is 0 Å². The summed E-state index contributed by atoms with van der Waals surface area (Å²) in [6, 6.07) is 4.99. The Morgan fingerprint density at radius 3 is 2.65 bits per heavy atom. The third-order valence-electron chi connectivity index (χ3n) is 2.37. The molecule has 0 fully saturated rings. The summed E-state index contributed by atoms with van der Waals surface area (Å²) in [5, 5.41) is 3.74. The van der Waals surface area contributed by atoms with Crippen molar-refractivity contribution in [2.45, 2.75) is 26.3 Å². The second kappa shape index (κ2) is 8.34. The first-order valence-electron chi connectivity index (χ1n) is 6.25. The van der Waals surface area contributed by atoms with E-state index in [2.05, 4.69) is 10.1 Å². The fourth-order valence-corrected chi connectivity index (χ4v) is 1.73. The molecule has 0 saturated carbocycles. The quantitative estimate of drug-likeness (QED) is 0.742. The van der Waals surface area contributed by atoms with E-state index in [-0.39, 0.29) is 6.61 Å². The third-order valence-corrected chi connectivity index (χ3v) is 2.61. The number of ether oxygens (including phenoxy) is 2. The highest BCUT2D eigenvalue weighted by atomic mass is 35.5. The van der Waals surface area contributed by atoms with Crippen LogP contribution >= 0.6 is 11.6 Å². The Bertz CT molecular complexity index is 413. The van der Waals surface area contributed by atoms with Crippen molar-refractivity contribution in [1.29, 1.82) is 0 Å². The topological polar surface area (TPSA) is 30.5 Å². The summed E-state index contributed by atoms with van der Waals surface area (Å²) in [6.07, 6.45) is -3.65. The minimum absolute atomic E-state index is 0.179. The maximum absolute atomic E-state index is 11.8. The van der Waals surface area contributed by atoms with Crippen LogP contribution in [0.15, 0.2) is 18.2 Å². The Balaban J connectivity index is 2.51. The van der Waals surface area contributed by atoms with Gasteiger partial charge in [-0.1, -0.05) is 18.5 Å². The molecule has 3 nitrogen and oxygen atoms in total. The molecular formula is C13H17ClF3NO2. The smallest absolute Gasteiger partial charge is 0.491 e. The van der Waals surface area contributed by atoms with Gasteiger partial charge in [-0.15, -0.1) is 13.2 Å². The maximum Gasteiger partial charge on any atom is 0.522 e. The molecule has 0 aromatic heterocycles. The first-order chi connectivity index (χ1) is 9.42. The van der Waals surface area contributed by atoms with Gasteiger partial charge in [0.1, 0.15) is 12.4 Å². The molecule has 1 aromatic rings. The van der Waals surface area contributed by atoms with Crippen LogP contribution in [-0.2, 0) is 11.3 Å². The average molecular weight is 312 g/mol. The van der Waals surface area contributed by atoms with Crippen LogP contribution in [0.4, 0.5) is 13.2 Å². The van der Waals surface area contributed by atoms with Gasteiger partial charge in [-0.3, -0.25) is 4.74 Å². The molecule has 0 saturated heterocycles. The summed E-state index contributed by atoms with van der Waals surface area (Å²) in [4.78, 5) is 0. The predicted molar refractivity (Wildman–Crippen MR) is 71.0 cm³/mol. The van der Waals surface area contributed by atoms with Crippen LogP contribution < -0.4 is 10.1 Å². The second-order valence-corrected chi connectivity index (χ2v) is 4.51. The van der Waals surface area contributed by atoms with Crippen LogP contribution in [0.5, 0.6) is 5.75 Å².